The molecule has 1 aromatic carbocycles. The van der Waals surface area contributed by atoms with Crippen LogP contribution in [0.2, 0.25) is 5.02 Å². The number of hydrogen-bond acceptors (Lipinski definition) is 4. The first-order valence-corrected chi connectivity index (χ1v) is 10.5. The second kappa shape index (κ2) is 9.23. The van der Waals surface area contributed by atoms with Crippen molar-refractivity contribution in [1.82, 2.24) is 24.9 Å². The van der Waals surface area contributed by atoms with Gasteiger partial charge in [-0.3, -0.25) is 9.48 Å². The van der Waals surface area contributed by atoms with Crippen LogP contribution in [0.4, 0.5) is 13.2 Å². The van der Waals surface area contributed by atoms with Crippen LogP contribution in [0.15, 0.2) is 42.6 Å². The predicted octanol–water partition coefficient (Wildman–Crippen LogP) is 4.49. The quantitative estimate of drug-likeness (QED) is 0.471. The topological polar surface area (TPSA) is 74.0 Å². The standard InChI is InChI=1S/C21H21ClF3N5O2/c22-15-3-1-4-16(11-15)32-13-29-10-7-17(27-29)20(31)26-8-2-9-30-18(14-5-6-14)12-19(28-30)21(23,24)25/h1,3-4,7,10-12,14H,2,5-6,8-9,13H2,(H,26,31). The van der Waals surface area contributed by atoms with Gasteiger partial charge in [-0.15, -0.1) is 0 Å². The fourth-order valence-corrected chi connectivity index (χ4v) is 3.41. The number of benzene rings is 1. The first kappa shape index (κ1) is 22.2. The van der Waals surface area contributed by atoms with Gasteiger partial charge in [-0.1, -0.05) is 17.7 Å². The fourth-order valence-electron chi connectivity index (χ4n) is 3.23. The lowest BCUT2D eigenvalue weighted by atomic mass is 10.2. The number of carbonyl (C=O) groups excluding carboxylic acids is 1. The molecular formula is C21H21ClF3N5O2. The van der Waals surface area contributed by atoms with Crippen LogP contribution in [0.1, 0.15) is 47.1 Å². The zero-order chi connectivity index (χ0) is 22.7. The lowest BCUT2D eigenvalue weighted by Crippen LogP contribution is -2.26. The van der Waals surface area contributed by atoms with E-state index in [9.17, 15) is 18.0 Å². The van der Waals surface area contributed by atoms with Crippen LogP contribution >= 0.6 is 11.6 Å². The molecule has 1 amide bonds. The van der Waals surface area contributed by atoms with Gasteiger partial charge in [0.15, 0.2) is 12.4 Å². The van der Waals surface area contributed by atoms with E-state index in [1.807, 2.05) is 0 Å². The molecule has 2 aromatic heterocycles. The second-order valence-electron chi connectivity index (χ2n) is 7.53. The van der Waals surface area contributed by atoms with Crippen LogP contribution in [-0.4, -0.2) is 32.0 Å². The van der Waals surface area contributed by atoms with Gasteiger partial charge in [-0.2, -0.15) is 23.4 Å². The third-order valence-corrected chi connectivity index (χ3v) is 5.20. The van der Waals surface area contributed by atoms with Gasteiger partial charge in [0.25, 0.3) is 5.91 Å². The molecule has 1 aliphatic rings. The first-order chi connectivity index (χ1) is 15.3. The van der Waals surface area contributed by atoms with E-state index in [-0.39, 0.29) is 30.8 Å². The maximum absolute atomic E-state index is 13.0. The molecule has 0 saturated heterocycles. The summed E-state index contributed by atoms with van der Waals surface area (Å²) in [4.78, 5) is 12.3. The van der Waals surface area contributed by atoms with Gasteiger partial charge >= 0.3 is 6.18 Å². The maximum Gasteiger partial charge on any atom is 0.435 e. The largest absolute Gasteiger partial charge is 0.471 e. The number of hydrogen-bond donors (Lipinski definition) is 1. The Kier molecular flexibility index (Phi) is 6.40. The van der Waals surface area contributed by atoms with Crippen LogP contribution in [0.5, 0.6) is 5.75 Å². The summed E-state index contributed by atoms with van der Waals surface area (Å²) >= 11 is 5.91. The van der Waals surface area contributed by atoms with E-state index in [0.29, 0.717) is 29.4 Å². The Hall–Kier alpha value is -3.01. The Morgan fingerprint density at radius 2 is 2.03 bits per heavy atom. The summed E-state index contributed by atoms with van der Waals surface area (Å²) in [5.74, 6) is 0.355. The minimum absolute atomic E-state index is 0.110. The predicted molar refractivity (Wildman–Crippen MR) is 110 cm³/mol. The van der Waals surface area contributed by atoms with Crippen molar-refractivity contribution in [3.8, 4) is 5.75 Å². The molecule has 1 saturated carbocycles. The van der Waals surface area contributed by atoms with Crippen molar-refractivity contribution in [1.29, 1.82) is 0 Å². The number of nitrogens with one attached hydrogen (secondary N) is 1. The van der Waals surface area contributed by atoms with Crippen LogP contribution in [-0.2, 0) is 19.5 Å². The monoisotopic (exact) mass is 467 g/mol. The number of amides is 1. The molecule has 0 unspecified atom stereocenters. The summed E-state index contributed by atoms with van der Waals surface area (Å²) in [6, 6.07) is 9.62. The minimum Gasteiger partial charge on any atom is -0.471 e. The number of halogens is 4. The van der Waals surface area contributed by atoms with Crippen LogP contribution < -0.4 is 10.1 Å². The Labute approximate surface area is 187 Å². The lowest BCUT2D eigenvalue weighted by Gasteiger charge is -2.08. The summed E-state index contributed by atoms with van der Waals surface area (Å²) < 4.78 is 47.3. The zero-order valence-corrected chi connectivity index (χ0v) is 17.7. The third kappa shape index (κ3) is 5.61. The zero-order valence-electron chi connectivity index (χ0n) is 17.0. The van der Waals surface area contributed by atoms with E-state index in [2.05, 4.69) is 15.5 Å². The minimum atomic E-state index is -4.46. The van der Waals surface area contributed by atoms with Crippen molar-refractivity contribution in [2.75, 3.05) is 6.54 Å². The van der Waals surface area contributed by atoms with E-state index < -0.39 is 11.9 Å². The van der Waals surface area contributed by atoms with E-state index in [1.54, 1.807) is 36.5 Å². The van der Waals surface area contributed by atoms with Crippen LogP contribution in [0.3, 0.4) is 0 Å². The lowest BCUT2D eigenvalue weighted by molar-refractivity contribution is -0.141. The molecular weight excluding hydrogens is 447 g/mol. The average molecular weight is 468 g/mol. The maximum atomic E-state index is 13.0. The normalized spacial score (nSPS) is 13.9. The number of alkyl halides is 3. The molecule has 7 nitrogen and oxygen atoms in total. The molecule has 1 N–H and O–H groups in total. The smallest absolute Gasteiger partial charge is 0.435 e. The number of aromatic nitrogens is 4. The molecule has 1 fully saturated rings. The first-order valence-electron chi connectivity index (χ1n) is 10.1. The average Bonchev–Trinajstić information content (AvgIpc) is 3.31. The Bertz CT molecular complexity index is 1090. The molecule has 170 valence electrons. The summed E-state index contributed by atoms with van der Waals surface area (Å²) in [6.07, 6.45) is -0.641. The summed E-state index contributed by atoms with van der Waals surface area (Å²) in [5, 5.41) is 11.2. The van der Waals surface area contributed by atoms with Gasteiger partial charge in [0.2, 0.25) is 0 Å². The van der Waals surface area contributed by atoms with Gasteiger partial charge in [-0.05, 0) is 49.6 Å². The van der Waals surface area contributed by atoms with Gasteiger partial charge < -0.3 is 10.1 Å². The highest BCUT2D eigenvalue weighted by molar-refractivity contribution is 6.30. The molecule has 0 bridgehead atoms. The molecule has 1 aliphatic carbocycles. The Morgan fingerprint density at radius 1 is 1.22 bits per heavy atom. The summed E-state index contributed by atoms with van der Waals surface area (Å²) in [5.41, 5.74) is -0.0344. The molecule has 0 spiro atoms. The van der Waals surface area contributed by atoms with Crippen molar-refractivity contribution in [3.63, 3.8) is 0 Å². The van der Waals surface area contributed by atoms with E-state index in [0.717, 1.165) is 18.9 Å². The molecule has 3 aromatic rings. The van der Waals surface area contributed by atoms with Gasteiger partial charge in [-0.25, -0.2) is 4.68 Å². The van der Waals surface area contributed by atoms with Crippen molar-refractivity contribution in [2.45, 2.75) is 44.6 Å². The summed E-state index contributed by atoms with van der Waals surface area (Å²) in [6.45, 7) is 0.693. The molecule has 32 heavy (non-hydrogen) atoms. The highest BCUT2D eigenvalue weighted by atomic mass is 35.5. The van der Waals surface area contributed by atoms with E-state index in [4.69, 9.17) is 16.3 Å². The number of aryl methyl sites for hydroxylation is 1. The van der Waals surface area contributed by atoms with Crippen LogP contribution in [0, 0.1) is 0 Å². The van der Waals surface area contributed by atoms with Gasteiger partial charge in [0, 0.05) is 35.9 Å². The molecule has 0 aliphatic heterocycles. The highest BCUT2D eigenvalue weighted by Crippen LogP contribution is 2.42. The number of ether oxygens (including phenoxy) is 1. The Balaban J connectivity index is 1.25. The number of rotatable bonds is 9. The van der Waals surface area contributed by atoms with Crippen LogP contribution in [0.25, 0.3) is 0 Å². The van der Waals surface area contributed by atoms with E-state index in [1.165, 1.54) is 9.36 Å². The van der Waals surface area contributed by atoms with Gasteiger partial charge in [0.05, 0.1) is 0 Å². The van der Waals surface area contributed by atoms with Crippen molar-refractivity contribution < 1.29 is 22.7 Å². The fraction of sp³-hybridized carbons (Fsp3) is 0.381. The molecule has 2 heterocycles. The molecule has 0 radical (unpaired) electrons. The van der Waals surface area contributed by atoms with Crippen molar-refractivity contribution >= 4 is 17.5 Å². The molecule has 0 atom stereocenters. The second-order valence-corrected chi connectivity index (χ2v) is 7.97. The molecule has 4 rings (SSSR count). The van der Waals surface area contributed by atoms with Crippen molar-refractivity contribution in [3.05, 3.63) is 64.7 Å². The number of nitrogens with zero attached hydrogens (tertiary/aromatic N) is 4. The SMILES string of the molecule is O=C(NCCCn1nc(C(F)(F)F)cc1C1CC1)c1ccn(COc2cccc(Cl)c2)n1. The Morgan fingerprint density at radius 3 is 2.75 bits per heavy atom. The molecule has 11 heteroatoms. The summed E-state index contributed by atoms with van der Waals surface area (Å²) in [7, 11) is 0. The van der Waals surface area contributed by atoms with Gasteiger partial charge in [0.1, 0.15) is 11.4 Å². The highest BCUT2D eigenvalue weighted by Gasteiger charge is 2.37. The van der Waals surface area contributed by atoms with E-state index >= 15 is 0 Å². The van der Waals surface area contributed by atoms with Crippen molar-refractivity contribution in [2.24, 2.45) is 0 Å². The third-order valence-electron chi connectivity index (χ3n) is 4.96. The number of carbonyl (C=O) groups is 1.